The Bertz CT molecular complexity index is 314. The fraction of sp³-hybridized carbons (Fsp3) is 0.444. The summed E-state index contributed by atoms with van der Waals surface area (Å²) >= 11 is 10.5. The zero-order valence-corrected chi connectivity index (χ0v) is 10.9. The van der Waals surface area contributed by atoms with Crippen LogP contribution in [-0.4, -0.2) is 17.3 Å². The van der Waals surface area contributed by atoms with Gasteiger partial charge < -0.3 is 5.32 Å². The van der Waals surface area contributed by atoms with Crippen LogP contribution < -0.4 is 5.32 Å². The van der Waals surface area contributed by atoms with Crippen molar-refractivity contribution in [1.82, 2.24) is 5.32 Å². The van der Waals surface area contributed by atoms with E-state index in [9.17, 15) is 4.79 Å². The Morgan fingerprint density at radius 1 is 1.71 bits per heavy atom. The van der Waals surface area contributed by atoms with Crippen LogP contribution in [0.3, 0.4) is 0 Å². The van der Waals surface area contributed by atoms with Crippen molar-refractivity contribution in [2.45, 2.75) is 18.2 Å². The standard InChI is InChI=1S/C9H11BrClNOS/c1-6(10)9(13)12-5-4-7-2-3-8(11)14-7/h2-3,6H,4-5H2,1H3,(H,12,13). The first kappa shape index (κ1) is 12.0. The molecule has 0 bridgehead atoms. The van der Waals surface area contributed by atoms with Crippen molar-refractivity contribution in [3.63, 3.8) is 0 Å². The van der Waals surface area contributed by atoms with Crippen LogP contribution in [0.5, 0.6) is 0 Å². The molecule has 1 heterocycles. The van der Waals surface area contributed by atoms with E-state index in [1.165, 1.54) is 4.88 Å². The Kier molecular flexibility index (Phi) is 4.92. The van der Waals surface area contributed by atoms with Crippen molar-refractivity contribution in [3.05, 3.63) is 21.3 Å². The normalized spacial score (nSPS) is 12.5. The van der Waals surface area contributed by atoms with E-state index in [4.69, 9.17) is 11.6 Å². The second-order valence-electron chi connectivity index (χ2n) is 2.86. The molecule has 1 rings (SSSR count). The highest BCUT2D eigenvalue weighted by atomic mass is 79.9. The first-order valence-electron chi connectivity index (χ1n) is 4.25. The van der Waals surface area contributed by atoms with Gasteiger partial charge in [-0.05, 0) is 25.5 Å². The molecule has 0 aliphatic carbocycles. The minimum absolute atomic E-state index is 0.0210. The van der Waals surface area contributed by atoms with Crippen LogP contribution in [0, 0.1) is 0 Å². The van der Waals surface area contributed by atoms with Gasteiger partial charge in [0.2, 0.25) is 5.91 Å². The minimum atomic E-state index is -0.130. The highest BCUT2D eigenvalue weighted by Crippen LogP contribution is 2.21. The number of carbonyl (C=O) groups excluding carboxylic acids is 1. The molecule has 0 saturated heterocycles. The third kappa shape index (κ3) is 3.98. The van der Waals surface area contributed by atoms with Crippen LogP contribution >= 0.6 is 38.9 Å². The lowest BCUT2D eigenvalue weighted by Gasteiger charge is -2.04. The zero-order valence-electron chi connectivity index (χ0n) is 7.72. The molecule has 5 heteroatoms. The Morgan fingerprint density at radius 2 is 2.43 bits per heavy atom. The largest absolute Gasteiger partial charge is 0.355 e. The Balaban J connectivity index is 2.25. The molecule has 1 aromatic heterocycles. The highest BCUT2D eigenvalue weighted by Gasteiger charge is 2.07. The van der Waals surface area contributed by atoms with Crippen LogP contribution in [0.1, 0.15) is 11.8 Å². The Morgan fingerprint density at radius 3 is 2.93 bits per heavy atom. The van der Waals surface area contributed by atoms with E-state index in [1.54, 1.807) is 18.3 Å². The highest BCUT2D eigenvalue weighted by molar-refractivity contribution is 9.10. The summed E-state index contributed by atoms with van der Waals surface area (Å²) in [5.41, 5.74) is 0. The summed E-state index contributed by atoms with van der Waals surface area (Å²) in [6, 6.07) is 3.85. The molecule has 1 aromatic rings. The van der Waals surface area contributed by atoms with E-state index in [-0.39, 0.29) is 10.7 Å². The fourth-order valence-electron chi connectivity index (χ4n) is 0.936. The van der Waals surface area contributed by atoms with Crippen LogP contribution in [0.25, 0.3) is 0 Å². The van der Waals surface area contributed by atoms with Crippen molar-refractivity contribution in [2.75, 3.05) is 6.54 Å². The summed E-state index contributed by atoms with van der Waals surface area (Å²) in [5.74, 6) is 0.0210. The monoisotopic (exact) mass is 295 g/mol. The summed E-state index contributed by atoms with van der Waals surface area (Å²) in [4.78, 5) is 12.2. The molecule has 14 heavy (non-hydrogen) atoms. The van der Waals surface area contributed by atoms with E-state index in [2.05, 4.69) is 21.2 Å². The van der Waals surface area contributed by atoms with Crippen molar-refractivity contribution >= 4 is 44.8 Å². The molecule has 1 N–H and O–H groups in total. The number of halogens is 2. The summed E-state index contributed by atoms with van der Waals surface area (Å²) in [6.45, 7) is 2.46. The maximum absolute atomic E-state index is 11.2. The molecule has 0 aromatic carbocycles. The van der Waals surface area contributed by atoms with Crippen molar-refractivity contribution in [2.24, 2.45) is 0 Å². The van der Waals surface area contributed by atoms with E-state index in [1.807, 2.05) is 12.1 Å². The van der Waals surface area contributed by atoms with Gasteiger partial charge in [0.05, 0.1) is 9.16 Å². The lowest BCUT2D eigenvalue weighted by Crippen LogP contribution is -2.30. The first-order valence-corrected chi connectivity index (χ1v) is 6.36. The van der Waals surface area contributed by atoms with Gasteiger partial charge in [-0.15, -0.1) is 11.3 Å². The molecule has 0 aliphatic heterocycles. The van der Waals surface area contributed by atoms with Crippen LogP contribution in [0.4, 0.5) is 0 Å². The molecule has 0 fully saturated rings. The molecule has 0 aliphatic rings. The van der Waals surface area contributed by atoms with Crippen molar-refractivity contribution < 1.29 is 4.79 Å². The SMILES string of the molecule is CC(Br)C(=O)NCCc1ccc(Cl)s1. The van der Waals surface area contributed by atoms with Gasteiger partial charge >= 0.3 is 0 Å². The third-order valence-corrected chi connectivity index (χ3v) is 3.37. The van der Waals surface area contributed by atoms with Gasteiger partial charge in [-0.25, -0.2) is 0 Å². The quantitative estimate of drug-likeness (QED) is 0.851. The zero-order chi connectivity index (χ0) is 10.6. The summed E-state index contributed by atoms with van der Waals surface area (Å²) in [6.07, 6.45) is 0.836. The Labute approximate surface area is 101 Å². The van der Waals surface area contributed by atoms with E-state index >= 15 is 0 Å². The average molecular weight is 297 g/mol. The lowest BCUT2D eigenvalue weighted by molar-refractivity contribution is -0.120. The topological polar surface area (TPSA) is 29.1 Å². The van der Waals surface area contributed by atoms with E-state index < -0.39 is 0 Å². The van der Waals surface area contributed by atoms with Gasteiger partial charge in [0, 0.05) is 11.4 Å². The van der Waals surface area contributed by atoms with E-state index in [0.717, 1.165) is 10.8 Å². The lowest BCUT2D eigenvalue weighted by atomic mass is 10.3. The molecule has 0 spiro atoms. The Hall–Kier alpha value is -0.0600. The molecular weight excluding hydrogens is 286 g/mol. The maximum atomic E-state index is 11.2. The number of nitrogens with one attached hydrogen (secondary N) is 1. The fourth-order valence-corrected chi connectivity index (χ4v) is 2.18. The number of rotatable bonds is 4. The van der Waals surface area contributed by atoms with Gasteiger partial charge in [0.15, 0.2) is 0 Å². The predicted octanol–water partition coefficient (Wildman–Crippen LogP) is 2.84. The number of hydrogen-bond donors (Lipinski definition) is 1. The molecular formula is C9H11BrClNOS. The molecule has 1 unspecified atom stereocenters. The maximum Gasteiger partial charge on any atom is 0.233 e. The minimum Gasteiger partial charge on any atom is -0.355 e. The van der Waals surface area contributed by atoms with Crippen LogP contribution in [-0.2, 0) is 11.2 Å². The van der Waals surface area contributed by atoms with Gasteiger partial charge in [-0.2, -0.15) is 0 Å². The number of hydrogen-bond acceptors (Lipinski definition) is 2. The molecule has 78 valence electrons. The molecule has 2 nitrogen and oxygen atoms in total. The molecule has 0 radical (unpaired) electrons. The molecule has 0 saturated carbocycles. The van der Waals surface area contributed by atoms with Crippen molar-refractivity contribution in [1.29, 1.82) is 0 Å². The van der Waals surface area contributed by atoms with Gasteiger partial charge in [0.1, 0.15) is 0 Å². The summed E-state index contributed by atoms with van der Waals surface area (Å²) < 4.78 is 0.792. The van der Waals surface area contributed by atoms with E-state index in [0.29, 0.717) is 6.54 Å². The van der Waals surface area contributed by atoms with Crippen molar-refractivity contribution in [3.8, 4) is 0 Å². The first-order chi connectivity index (χ1) is 6.59. The third-order valence-electron chi connectivity index (χ3n) is 1.66. The van der Waals surface area contributed by atoms with Gasteiger partial charge in [0.25, 0.3) is 0 Å². The number of amides is 1. The number of alkyl halides is 1. The smallest absolute Gasteiger partial charge is 0.233 e. The van der Waals surface area contributed by atoms with Crippen LogP contribution in [0.2, 0.25) is 4.34 Å². The number of thiophene rings is 1. The van der Waals surface area contributed by atoms with Gasteiger partial charge in [-0.1, -0.05) is 27.5 Å². The molecule has 1 amide bonds. The number of carbonyl (C=O) groups is 1. The second-order valence-corrected chi connectivity index (χ2v) is 6.04. The summed E-state index contributed by atoms with van der Waals surface area (Å²) in [7, 11) is 0. The second kappa shape index (κ2) is 5.73. The van der Waals surface area contributed by atoms with Gasteiger partial charge in [-0.3, -0.25) is 4.79 Å². The predicted molar refractivity (Wildman–Crippen MR) is 64.4 cm³/mol. The summed E-state index contributed by atoms with van der Waals surface area (Å²) in [5, 5.41) is 2.82. The average Bonchev–Trinajstić information content (AvgIpc) is 2.51. The molecule has 1 atom stereocenters. The van der Waals surface area contributed by atoms with Crippen LogP contribution in [0.15, 0.2) is 12.1 Å².